The molecule has 104 valence electrons. The predicted octanol–water partition coefficient (Wildman–Crippen LogP) is 3.54. The molecule has 0 aliphatic carbocycles. The summed E-state index contributed by atoms with van der Waals surface area (Å²) in [5.74, 6) is -0.988. The van der Waals surface area contributed by atoms with Crippen molar-refractivity contribution in [2.45, 2.75) is 58.5 Å². The molecule has 0 aliphatic rings. The van der Waals surface area contributed by atoms with Gasteiger partial charge in [-0.3, -0.25) is 4.79 Å². The molecule has 0 saturated carbocycles. The first-order chi connectivity index (χ1) is 8.28. The van der Waals surface area contributed by atoms with Crippen molar-refractivity contribution in [2.75, 3.05) is 0 Å². The summed E-state index contributed by atoms with van der Waals surface area (Å²) in [6, 6.07) is 0. The van der Waals surface area contributed by atoms with E-state index in [1.807, 2.05) is 6.92 Å². The zero-order valence-electron chi connectivity index (χ0n) is 11.8. The molecular formula is C15H26O3. The molecule has 0 aromatic rings. The highest BCUT2D eigenvalue weighted by atomic mass is 16.4. The topological polar surface area (TPSA) is 57.5 Å². The van der Waals surface area contributed by atoms with E-state index < -0.39 is 11.6 Å². The second kappa shape index (κ2) is 8.09. The second-order valence-electron chi connectivity index (χ2n) is 5.28. The summed E-state index contributed by atoms with van der Waals surface area (Å²) in [4.78, 5) is 10.6. The Labute approximate surface area is 110 Å². The summed E-state index contributed by atoms with van der Waals surface area (Å²) in [7, 11) is 0. The zero-order chi connectivity index (χ0) is 14.2. The maximum atomic E-state index is 10.6. The third kappa shape index (κ3) is 8.07. The Morgan fingerprint density at radius 2 is 2.11 bits per heavy atom. The molecule has 0 aromatic heterocycles. The highest BCUT2D eigenvalue weighted by Gasteiger charge is 2.13. The quantitative estimate of drug-likeness (QED) is 0.619. The summed E-state index contributed by atoms with van der Waals surface area (Å²) in [6.07, 6.45) is 7.69. The Kier molecular flexibility index (Phi) is 7.60. The standard InChI is InChI=1S/C15H26O3/c1-5-15(4,18)11-7-9-12(2)8-6-10-13(3)14(16)17/h5,9,13,18H,1,6-8,10-11H2,2-4H3,(H,16,17). The van der Waals surface area contributed by atoms with Crippen LogP contribution in [-0.2, 0) is 4.79 Å². The van der Waals surface area contributed by atoms with Crippen LogP contribution in [0.3, 0.4) is 0 Å². The third-order valence-electron chi connectivity index (χ3n) is 3.21. The van der Waals surface area contributed by atoms with Gasteiger partial charge in [-0.25, -0.2) is 0 Å². The van der Waals surface area contributed by atoms with Crippen LogP contribution in [0.4, 0.5) is 0 Å². The molecule has 2 N–H and O–H groups in total. The maximum Gasteiger partial charge on any atom is 0.306 e. The largest absolute Gasteiger partial charge is 0.481 e. The molecule has 3 heteroatoms. The van der Waals surface area contributed by atoms with E-state index >= 15 is 0 Å². The fourth-order valence-corrected chi connectivity index (χ4v) is 1.63. The monoisotopic (exact) mass is 254 g/mol. The Balaban J connectivity index is 3.85. The van der Waals surface area contributed by atoms with Crippen molar-refractivity contribution in [1.29, 1.82) is 0 Å². The summed E-state index contributed by atoms with van der Waals surface area (Å²) in [5, 5.41) is 18.5. The average Bonchev–Trinajstić information content (AvgIpc) is 2.28. The molecule has 0 bridgehead atoms. The molecule has 2 atom stereocenters. The van der Waals surface area contributed by atoms with E-state index in [9.17, 15) is 9.90 Å². The van der Waals surface area contributed by atoms with Gasteiger partial charge >= 0.3 is 5.97 Å². The van der Waals surface area contributed by atoms with Gasteiger partial charge in [0.15, 0.2) is 0 Å². The van der Waals surface area contributed by atoms with Crippen LogP contribution >= 0.6 is 0 Å². The molecular weight excluding hydrogens is 228 g/mol. The molecule has 2 unspecified atom stereocenters. The molecule has 0 spiro atoms. The fraction of sp³-hybridized carbons (Fsp3) is 0.667. The van der Waals surface area contributed by atoms with Crippen LogP contribution < -0.4 is 0 Å². The normalized spacial score (nSPS) is 17.0. The van der Waals surface area contributed by atoms with E-state index in [2.05, 4.69) is 12.7 Å². The first-order valence-electron chi connectivity index (χ1n) is 6.53. The number of aliphatic hydroxyl groups is 1. The highest BCUT2D eigenvalue weighted by Crippen LogP contribution is 2.17. The maximum absolute atomic E-state index is 10.6. The van der Waals surface area contributed by atoms with Crippen molar-refractivity contribution >= 4 is 5.97 Å². The van der Waals surface area contributed by atoms with E-state index in [1.165, 1.54) is 5.57 Å². The van der Waals surface area contributed by atoms with Gasteiger partial charge in [0.25, 0.3) is 0 Å². The molecule has 0 rings (SSSR count). The predicted molar refractivity (Wildman–Crippen MR) is 74.5 cm³/mol. The summed E-state index contributed by atoms with van der Waals surface area (Å²) >= 11 is 0. The number of hydrogen-bond donors (Lipinski definition) is 2. The minimum Gasteiger partial charge on any atom is -0.481 e. The van der Waals surface area contributed by atoms with E-state index in [-0.39, 0.29) is 5.92 Å². The van der Waals surface area contributed by atoms with Crippen LogP contribution in [0, 0.1) is 5.92 Å². The van der Waals surface area contributed by atoms with Crippen molar-refractivity contribution in [3.63, 3.8) is 0 Å². The Morgan fingerprint density at radius 3 is 2.61 bits per heavy atom. The van der Waals surface area contributed by atoms with Gasteiger partial charge in [-0.15, -0.1) is 6.58 Å². The van der Waals surface area contributed by atoms with Crippen LogP contribution in [-0.4, -0.2) is 21.8 Å². The molecule has 0 amide bonds. The fourth-order valence-electron chi connectivity index (χ4n) is 1.63. The van der Waals surface area contributed by atoms with E-state index in [0.717, 1.165) is 19.3 Å². The lowest BCUT2D eigenvalue weighted by atomic mass is 9.98. The van der Waals surface area contributed by atoms with Gasteiger partial charge < -0.3 is 10.2 Å². The molecule has 0 saturated heterocycles. The molecule has 0 aromatic carbocycles. The second-order valence-corrected chi connectivity index (χ2v) is 5.28. The average molecular weight is 254 g/mol. The highest BCUT2D eigenvalue weighted by molar-refractivity contribution is 5.69. The first kappa shape index (κ1) is 16.9. The number of aliphatic carboxylic acids is 1. The SMILES string of the molecule is C=CC(C)(O)CCC=C(C)CCCC(C)C(=O)O. The van der Waals surface area contributed by atoms with Crippen LogP contribution in [0.2, 0.25) is 0 Å². The van der Waals surface area contributed by atoms with Gasteiger partial charge in [-0.05, 0) is 46.0 Å². The van der Waals surface area contributed by atoms with Gasteiger partial charge in [0.1, 0.15) is 0 Å². The van der Waals surface area contributed by atoms with Gasteiger partial charge in [0, 0.05) is 0 Å². The summed E-state index contributed by atoms with van der Waals surface area (Å²) in [5.41, 5.74) is 0.460. The smallest absolute Gasteiger partial charge is 0.306 e. The Hall–Kier alpha value is -1.09. The van der Waals surface area contributed by atoms with E-state index in [1.54, 1.807) is 19.9 Å². The summed E-state index contributed by atoms with van der Waals surface area (Å²) < 4.78 is 0. The van der Waals surface area contributed by atoms with Gasteiger partial charge in [-0.1, -0.05) is 24.6 Å². The number of allylic oxidation sites excluding steroid dienone is 2. The van der Waals surface area contributed by atoms with Crippen LogP contribution in [0.1, 0.15) is 52.9 Å². The van der Waals surface area contributed by atoms with Crippen molar-refractivity contribution in [3.05, 3.63) is 24.3 Å². The van der Waals surface area contributed by atoms with E-state index in [4.69, 9.17) is 5.11 Å². The van der Waals surface area contributed by atoms with Crippen molar-refractivity contribution in [1.82, 2.24) is 0 Å². The summed E-state index contributed by atoms with van der Waals surface area (Å²) in [6.45, 7) is 9.13. The van der Waals surface area contributed by atoms with Gasteiger partial charge in [-0.2, -0.15) is 0 Å². The number of hydrogen-bond acceptors (Lipinski definition) is 2. The van der Waals surface area contributed by atoms with Gasteiger partial charge in [0.2, 0.25) is 0 Å². The van der Waals surface area contributed by atoms with Crippen LogP contribution in [0.15, 0.2) is 24.3 Å². The molecule has 0 radical (unpaired) electrons. The first-order valence-corrected chi connectivity index (χ1v) is 6.53. The number of carboxylic acid groups (broad SMARTS) is 1. The number of carboxylic acids is 1. The molecule has 0 heterocycles. The molecule has 3 nitrogen and oxygen atoms in total. The van der Waals surface area contributed by atoms with Crippen LogP contribution in [0.25, 0.3) is 0 Å². The molecule has 0 aliphatic heterocycles. The Bertz CT molecular complexity index is 303. The zero-order valence-corrected chi connectivity index (χ0v) is 11.8. The van der Waals surface area contributed by atoms with Gasteiger partial charge in [0.05, 0.1) is 11.5 Å². The third-order valence-corrected chi connectivity index (χ3v) is 3.21. The van der Waals surface area contributed by atoms with Crippen LogP contribution in [0.5, 0.6) is 0 Å². The Morgan fingerprint density at radius 1 is 1.50 bits per heavy atom. The molecule has 0 fully saturated rings. The van der Waals surface area contributed by atoms with Crippen molar-refractivity contribution in [3.8, 4) is 0 Å². The van der Waals surface area contributed by atoms with Crippen molar-refractivity contribution < 1.29 is 15.0 Å². The van der Waals surface area contributed by atoms with Crippen molar-refractivity contribution in [2.24, 2.45) is 5.92 Å². The minimum atomic E-state index is -0.797. The lowest BCUT2D eigenvalue weighted by Gasteiger charge is -2.16. The minimum absolute atomic E-state index is 0.265. The number of rotatable bonds is 9. The number of carbonyl (C=O) groups is 1. The van der Waals surface area contributed by atoms with E-state index in [0.29, 0.717) is 12.8 Å². The molecule has 18 heavy (non-hydrogen) atoms. The lowest BCUT2D eigenvalue weighted by molar-refractivity contribution is -0.141. The lowest BCUT2D eigenvalue weighted by Crippen LogP contribution is -2.19.